The van der Waals surface area contributed by atoms with Gasteiger partial charge in [0, 0.05) is 37.2 Å². The molecule has 1 aliphatic heterocycles. The van der Waals surface area contributed by atoms with Gasteiger partial charge in [-0.1, -0.05) is 15.9 Å². The number of piperazine rings is 1. The van der Waals surface area contributed by atoms with E-state index in [9.17, 15) is 0 Å². The monoisotopic (exact) mass is 298 g/mol. The highest BCUT2D eigenvalue weighted by molar-refractivity contribution is 9.10. The number of rotatable bonds is 4. The fourth-order valence-corrected chi connectivity index (χ4v) is 2.16. The van der Waals surface area contributed by atoms with Gasteiger partial charge in [-0.2, -0.15) is 0 Å². The number of ether oxygens (including phenoxy) is 1. The van der Waals surface area contributed by atoms with Crippen LogP contribution >= 0.6 is 15.9 Å². The molecule has 17 heavy (non-hydrogen) atoms. The molecular weight excluding hydrogens is 280 g/mol. The van der Waals surface area contributed by atoms with Gasteiger partial charge < -0.3 is 9.64 Å². The molecule has 0 atom stereocenters. The van der Waals surface area contributed by atoms with Crippen molar-refractivity contribution in [2.45, 2.75) is 0 Å². The predicted molar refractivity (Wildman–Crippen MR) is 73.6 cm³/mol. The van der Waals surface area contributed by atoms with Crippen LogP contribution in [0.25, 0.3) is 0 Å². The minimum absolute atomic E-state index is 0.769. The molecule has 1 saturated heterocycles. The van der Waals surface area contributed by atoms with Crippen LogP contribution in [-0.2, 0) is 0 Å². The van der Waals surface area contributed by atoms with Crippen LogP contribution in [0, 0.1) is 0 Å². The molecule has 4 heteroatoms. The molecular formula is C13H19BrN2O. The van der Waals surface area contributed by atoms with E-state index in [1.807, 2.05) is 24.3 Å². The summed E-state index contributed by atoms with van der Waals surface area (Å²) in [5.74, 6) is 0.947. The largest absolute Gasteiger partial charge is 0.492 e. The average molecular weight is 299 g/mol. The second-order valence-electron chi connectivity index (χ2n) is 4.45. The van der Waals surface area contributed by atoms with E-state index >= 15 is 0 Å². The van der Waals surface area contributed by atoms with Gasteiger partial charge in [0.1, 0.15) is 12.4 Å². The molecule has 94 valence electrons. The van der Waals surface area contributed by atoms with E-state index in [4.69, 9.17) is 4.74 Å². The molecule has 0 N–H and O–H groups in total. The molecule has 0 spiro atoms. The molecule has 1 aromatic carbocycles. The van der Waals surface area contributed by atoms with E-state index in [1.54, 1.807) is 0 Å². The van der Waals surface area contributed by atoms with Crippen molar-refractivity contribution in [1.82, 2.24) is 9.80 Å². The third kappa shape index (κ3) is 4.30. The zero-order valence-electron chi connectivity index (χ0n) is 10.2. The smallest absolute Gasteiger partial charge is 0.119 e. The Balaban J connectivity index is 1.67. The Labute approximate surface area is 111 Å². The number of hydrogen-bond acceptors (Lipinski definition) is 3. The lowest BCUT2D eigenvalue weighted by Gasteiger charge is -2.32. The van der Waals surface area contributed by atoms with Gasteiger partial charge in [0.25, 0.3) is 0 Å². The number of hydrogen-bond donors (Lipinski definition) is 0. The highest BCUT2D eigenvalue weighted by atomic mass is 79.9. The van der Waals surface area contributed by atoms with Crippen LogP contribution in [0.4, 0.5) is 0 Å². The van der Waals surface area contributed by atoms with Crippen molar-refractivity contribution in [1.29, 1.82) is 0 Å². The van der Waals surface area contributed by atoms with Crippen molar-refractivity contribution in [3.8, 4) is 5.75 Å². The van der Waals surface area contributed by atoms with Crippen molar-refractivity contribution >= 4 is 15.9 Å². The van der Waals surface area contributed by atoms with Gasteiger partial charge in [-0.25, -0.2) is 0 Å². The molecule has 1 fully saturated rings. The topological polar surface area (TPSA) is 15.7 Å². The minimum atomic E-state index is 0.769. The quantitative estimate of drug-likeness (QED) is 0.846. The lowest BCUT2D eigenvalue weighted by atomic mass is 10.3. The Morgan fingerprint density at radius 2 is 1.76 bits per heavy atom. The first kappa shape index (κ1) is 12.9. The maximum atomic E-state index is 5.71. The first-order valence-corrected chi connectivity index (χ1v) is 6.82. The second-order valence-corrected chi connectivity index (χ2v) is 5.36. The van der Waals surface area contributed by atoms with Crippen molar-refractivity contribution in [3.05, 3.63) is 28.7 Å². The van der Waals surface area contributed by atoms with Crippen molar-refractivity contribution in [2.75, 3.05) is 46.4 Å². The molecule has 0 aliphatic carbocycles. The van der Waals surface area contributed by atoms with E-state index in [1.165, 1.54) is 0 Å². The molecule has 3 nitrogen and oxygen atoms in total. The molecule has 0 unspecified atom stereocenters. The van der Waals surface area contributed by atoms with Crippen LogP contribution < -0.4 is 4.74 Å². The number of likely N-dealkylation sites (N-methyl/N-ethyl adjacent to an activating group) is 1. The maximum absolute atomic E-state index is 5.71. The summed E-state index contributed by atoms with van der Waals surface area (Å²) in [5, 5.41) is 0. The lowest BCUT2D eigenvalue weighted by Crippen LogP contribution is -2.45. The van der Waals surface area contributed by atoms with E-state index in [2.05, 4.69) is 32.8 Å². The first-order valence-electron chi connectivity index (χ1n) is 6.03. The normalized spacial score (nSPS) is 18.2. The van der Waals surface area contributed by atoms with Crippen LogP contribution in [0.1, 0.15) is 0 Å². The van der Waals surface area contributed by atoms with Gasteiger partial charge in [0.05, 0.1) is 0 Å². The highest BCUT2D eigenvalue weighted by Gasteiger charge is 2.12. The number of nitrogens with zero attached hydrogens (tertiary/aromatic N) is 2. The Morgan fingerprint density at radius 3 is 2.41 bits per heavy atom. The molecule has 1 aromatic rings. The zero-order valence-corrected chi connectivity index (χ0v) is 11.8. The molecule has 0 amide bonds. The summed E-state index contributed by atoms with van der Waals surface area (Å²) in [6.45, 7) is 6.42. The van der Waals surface area contributed by atoms with Gasteiger partial charge in [0.15, 0.2) is 0 Å². The van der Waals surface area contributed by atoms with Crippen molar-refractivity contribution in [3.63, 3.8) is 0 Å². The van der Waals surface area contributed by atoms with Crippen LogP contribution in [0.2, 0.25) is 0 Å². The third-order valence-corrected chi connectivity index (χ3v) is 3.61. The van der Waals surface area contributed by atoms with Crippen LogP contribution in [-0.4, -0.2) is 56.2 Å². The Morgan fingerprint density at radius 1 is 1.12 bits per heavy atom. The second kappa shape index (κ2) is 6.38. The molecule has 1 heterocycles. The Hall–Kier alpha value is -0.580. The summed E-state index contributed by atoms with van der Waals surface area (Å²) >= 11 is 3.41. The van der Waals surface area contributed by atoms with Gasteiger partial charge in [-0.15, -0.1) is 0 Å². The summed E-state index contributed by atoms with van der Waals surface area (Å²) < 4.78 is 6.80. The molecule has 2 rings (SSSR count). The van der Waals surface area contributed by atoms with Crippen molar-refractivity contribution in [2.24, 2.45) is 0 Å². The summed E-state index contributed by atoms with van der Waals surface area (Å²) in [4.78, 5) is 4.82. The van der Waals surface area contributed by atoms with Gasteiger partial charge >= 0.3 is 0 Å². The first-order chi connectivity index (χ1) is 8.24. The SMILES string of the molecule is CN1CCN(CCOc2ccc(Br)cc2)CC1. The number of halogens is 1. The third-order valence-electron chi connectivity index (χ3n) is 3.09. The van der Waals surface area contributed by atoms with Crippen LogP contribution in [0.15, 0.2) is 28.7 Å². The Bertz CT molecular complexity index is 334. The standard InChI is InChI=1S/C13H19BrN2O/c1-15-6-8-16(9-7-15)10-11-17-13-4-2-12(14)3-5-13/h2-5H,6-11H2,1H3. The molecule has 0 bridgehead atoms. The summed E-state index contributed by atoms with van der Waals surface area (Å²) in [6, 6.07) is 8.00. The Kier molecular flexibility index (Phi) is 4.83. The lowest BCUT2D eigenvalue weighted by molar-refractivity contribution is 0.134. The molecule has 0 saturated carbocycles. The van der Waals surface area contributed by atoms with Gasteiger partial charge in [-0.3, -0.25) is 4.90 Å². The van der Waals surface area contributed by atoms with Gasteiger partial charge in [-0.05, 0) is 31.3 Å². The fraction of sp³-hybridized carbons (Fsp3) is 0.538. The average Bonchev–Trinajstić information content (AvgIpc) is 2.34. The van der Waals surface area contributed by atoms with E-state index in [0.717, 1.165) is 49.6 Å². The molecule has 0 aromatic heterocycles. The molecule has 1 aliphatic rings. The van der Waals surface area contributed by atoms with Gasteiger partial charge in [0.2, 0.25) is 0 Å². The number of benzene rings is 1. The maximum Gasteiger partial charge on any atom is 0.119 e. The minimum Gasteiger partial charge on any atom is -0.492 e. The van der Waals surface area contributed by atoms with E-state index in [0.29, 0.717) is 0 Å². The van der Waals surface area contributed by atoms with E-state index in [-0.39, 0.29) is 0 Å². The van der Waals surface area contributed by atoms with Crippen LogP contribution in [0.3, 0.4) is 0 Å². The van der Waals surface area contributed by atoms with E-state index < -0.39 is 0 Å². The summed E-state index contributed by atoms with van der Waals surface area (Å²) in [5.41, 5.74) is 0. The summed E-state index contributed by atoms with van der Waals surface area (Å²) in [7, 11) is 2.18. The fourth-order valence-electron chi connectivity index (χ4n) is 1.89. The predicted octanol–water partition coefficient (Wildman–Crippen LogP) is 2.08. The molecule has 0 radical (unpaired) electrons. The summed E-state index contributed by atoms with van der Waals surface area (Å²) in [6.07, 6.45) is 0. The zero-order chi connectivity index (χ0) is 12.1. The van der Waals surface area contributed by atoms with Crippen LogP contribution in [0.5, 0.6) is 5.75 Å². The van der Waals surface area contributed by atoms with Crippen molar-refractivity contribution < 1.29 is 4.74 Å². The highest BCUT2D eigenvalue weighted by Crippen LogP contribution is 2.15.